The number of hydrogen-bond donors (Lipinski definition) is 5. The molecule has 154 valence electrons. The monoisotopic (exact) mass is 396 g/mol. The Kier molecular flexibility index (Phi) is 5.66. The Morgan fingerprint density at radius 1 is 1.21 bits per heavy atom. The molecule has 0 amide bonds. The molecule has 3 heterocycles. The van der Waals surface area contributed by atoms with Crippen molar-refractivity contribution < 1.29 is 10.2 Å². The van der Waals surface area contributed by atoms with Gasteiger partial charge >= 0.3 is 0 Å². The van der Waals surface area contributed by atoms with Crippen LogP contribution in [0.3, 0.4) is 0 Å². The third-order valence-corrected chi connectivity index (χ3v) is 5.34. The van der Waals surface area contributed by atoms with Gasteiger partial charge in [-0.1, -0.05) is 44.2 Å². The number of β-amino-alcohol motifs (C(OH)–C–C–N with tert-alkyl or cyclic N) is 1. The number of anilines is 2. The fourth-order valence-corrected chi connectivity index (χ4v) is 3.58. The van der Waals surface area contributed by atoms with Crippen LogP contribution in [0.2, 0.25) is 0 Å². The van der Waals surface area contributed by atoms with Crippen molar-refractivity contribution in [2.24, 2.45) is 0 Å². The van der Waals surface area contributed by atoms with Crippen molar-refractivity contribution in [2.75, 3.05) is 23.7 Å². The third kappa shape index (κ3) is 4.19. The van der Waals surface area contributed by atoms with Crippen LogP contribution in [0.4, 0.5) is 11.6 Å². The van der Waals surface area contributed by atoms with Crippen molar-refractivity contribution in [1.82, 2.24) is 19.9 Å². The van der Waals surface area contributed by atoms with Gasteiger partial charge in [0.05, 0.1) is 24.4 Å². The van der Waals surface area contributed by atoms with E-state index in [1.165, 1.54) is 5.56 Å². The highest BCUT2D eigenvalue weighted by atomic mass is 16.3. The number of aliphatic hydroxyl groups excluding tert-OH is 2. The molecule has 1 saturated heterocycles. The number of aliphatic hydroxyl groups is 2. The van der Waals surface area contributed by atoms with Gasteiger partial charge in [-0.05, 0) is 11.5 Å². The first-order valence-corrected chi connectivity index (χ1v) is 10.0. The number of hydrogen-bond acceptors (Lipinski definition) is 7. The fourth-order valence-electron chi connectivity index (χ4n) is 3.58. The molecule has 1 fully saturated rings. The lowest BCUT2D eigenvalue weighted by molar-refractivity contribution is 0.0427. The second kappa shape index (κ2) is 8.36. The van der Waals surface area contributed by atoms with Gasteiger partial charge in [-0.2, -0.15) is 9.61 Å². The van der Waals surface area contributed by atoms with Crippen molar-refractivity contribution in [2.45, 2.75) is 44.6 Å². The molecular formula is C21H28N6O2. The molecular weight excluding hydrogens is 368 g/mol. The summed E-state index contributed by atoms with van der Waals surface area (Å²) < 4.78 is 1.83. The molecule has 1 aliphatic heterocycles. The van der Waals surface area contributed by atoms with Crippen molar-refractivity contribution >= 4 is 17.3 Å². The van der Waals surface area contributed by atoms with Gasteiger partial charge < -0.3 is 26.2 Å². The molecule has 8 heteroatoms. The molecule has 1 aromatic carbocycles. The number of aromatic nitrogens is 3. The summed E-state index contributed by atoms with van der Waals surface area (Å²) in [5, 5.41) is 34.2. The lowest BCUT2D eigenvalue weighted by atomic mass is 10.1. The Morgan fingerprint density at radius 3 is 2.69 bits per heavy atom. The van der Waals surface area contributed by atoms with E-state index in [9.17, 15) is 10.2 Å². The van der Waals surface area contributed by atoms with E-state index in [1.54, 1.807) is 0 Å². The summed E-state index contributed by atoms with van der Waals surface area (Å²) >= 11 is 0. The molecule has 29 heavy (non-hydrogen) atoms. The van der Waals surface area contributed by atoms with Crippen LogP contribution in [0.1, 0.15) is 30.9 Å². The van der Waals surface area contributed by atoms with E-state index in [2.05, 4.69) is 47.0 Å². The van der Waals surface area contributed by atoms with Crippen LogP contribution in [0.25, 0.3) is 5.65 Å². The minimum atomic E-state index is -0.789. The summed E-state index contributed by atoms with van der Waals surface area (Å²) in [6.45, 7) is 5.77. The number of nitrogens with one attached hydrogen (secondary N) is 3. The van der Waals surface area contributed by atoms with Crippen molar-refractivity contribution in [3.8, 4) is 0 Å². The Balaban J connectivity index is 1.59. The Bertz CT molecular complexity index is 958. The highest BCUT2D eigenvalue weighted by Crippen LogP contribution is 2.24. The van der Waals surface area contributed by atoms with Crippen LogP contribution in [0.15, 0.2) is 42.6 Å². The topological polar surface area (TPSA) is 107 Å². The number of rotatable bonds is 7. The van der Waals surface area contributed by atoms with Crippen LogP contribution in [0, 0.1) is 0 Å². The molecule has 0 radical (unpaired) electrons. The smallest absolute Gasteiger partial charge is 0.163 e. The van der Waals surface area contributed by atoms with Gasteiger partial charge in [0.15, 0.2) is 5.65 Å². The van der Waals surface area contributed by atoms with Crippen molar-refractivity contribution in [1.29, 1.82) is 0 Å². The lowest BCUT2D eigenvalue weighted by Gasteiger charge is -2.18. The van der Waals surface area contributed by atoms with Gasteiger partial charge in [-0.25, -0.2) is 4.98 Å². The van der Waals surface area contributed by atoms with E-state index >= 15 is 0 Å². The molecule has 8 nitrogen and oxygen atoms in total. The van der Waals surface area contributed by atoms with Gasteiger partial charge in [0.1, 0.15) is 11.6 Å². The second-order valence-electron chi connectivity index (χ2n) is 7.81. The summed E-state index contributed by atoms with van der Waals surface area (Å²) in [6.07, 6.45) is 0.342. The molecule has 0 aliphatic carbocycles. The summed E-state index contributed by atoms with van der Waals surface area (Å²) in [5.41, 5.74) is 3.06. The van der Waals surface area contributed by atoms with Crippen LogP contribution >= 0.6 is 0 Å². The van der Waals surface area contributed by atoms with E-state index < -0.39 is 12.2 Å². The van der Waals surface area contributed by atoms with Crippen LogP contribution in [-0.2, 0) is 6.54 Å². The normalized spacial score (nSPS) is 21.8. The molecule has 0 unspecified atom stereocenters. The molecule has 0 spiro atoms. The van der Waals surface area contributed by atoms with Gasteiger partial charge in [-0.3, -0.25) is 0 Å². The van der Waals surface area contributed by atoms with E-state index in [-0.39, 0.29) is 6.04 Å². The number of fused-ring (bicyclic) bond motifs is 1. The second-order valence-corrected chi connectivity index (χ2v) is 7.81. The van der Waals surface area contributed by atoms with E-state index in [4.69, 9.17) is 4.98 Å². The summed E-state index contributed by atoms with van der Waals surface area (Å²) in [7, 11) is 0. The number of benzene rings is 1. The maximum Gasteiger partial charge on any atom is 0.163 e. The first-order chi connectivity index (χ1) is 14.0. The highest BCUT2D eigenvalue weighted by molar-refractivity contribution is 5.61. The molecule has 1 aliphatic rings. The van der Waals surface area contributed by atoms with Crippen molar-refractivity contribution in [3.63, 3.8) is 0 Å². The van der Waals surface area contributed by atoms with E-state index in [0.717, 1.165) is 17.0 Å². The van der Waals surface area contributed by atoms with Gasteiger partial charge in [-0.15, -0.1) is 0 Å². The van der Waals surface area contributed by atoms with E-state index in [0.29, 0.717) is 31.4 Å². The summed E-state index contributed by atoms with van der Waals surface area (Å²) in [4.78, 5) is 4.75. The average Bonchev–Trinajstić information content (AvgIpc) is 3.29. The maximum absolute atomic E-state index is 10.1. The first kappa shape index (κ1) is 19.6. The Hall–Kier alpha value is -2.68. The molecule has 0 saturated carbocycles. The predicted octanol–water partition coefficient (Wildman–Crippen LogP) is 1.57. The minimum Gasteiger partial charge on any atom is -0.389 e. The number of nitrogens with zero attached hydrogens (tertiary/aromatic N) is 3. The SMILES string of the molecule is CC(C)c1cnn2c(NCc3ccccc3)cc(NC[C@H]3NC[C@H](O)[C@@H]3O)nc12. The standard InChI is InChI=1S/C21H28N6O2/c1-13(2)15-10-25-27-19(24-9-14-6-4-3-5-7-14)8-18(26-21(15)27)23-11-16-20(29)17(28)12-22-16/h3-8,10,13,16-17,20,22,24,28-29H,9,11-12H2,1-2H3,(H,23,26)/t16-,17+,20-/m1/s1. The first-order valence-electron chi connectivity index (χ1n) is 10.0. The minimum absolute atomic E-state index is 0.224. The zero-order valence-electron chi connectivity index (χ0n) is 16.7. The van der Waals surface area contributed by atoms with Crippen molar-refractivity contribution in [3.05, 3.63) is 53.7 Å². The molecule has 3 aromatic rings. The molecule has 3 atom stereocenters. The van der Waals surface area contributed by atoms with Crippen LogP contribution in [-0.4, -0.2) is 56.2 Å². The summed E-state index contributed by atoms with van der Waals surface area (Å²) in [5.74, 6) is 1.84. The molecule has 4 rings (SSSR count). The Morgan fingerprint density at radius 2 is 2.00 bits per heavy atom. The van der Waals surface area contributed by atoms with Gasteiger partial charge in [0.2, 0.25) is 0 Å². The lowest BCUT2D eigenvalue weighted by Crippen LogP contribution is -2.39. The Labute approximate surface area is 170 Å². The predicted molar refractivity (Wildman–Crippen MR) is 113 cm³/mol. The van der Waals surface area contributed by atoms with E-state index in [1.807, 2.05) is 35.0 Å². The molecule has 2 aromatic heterocycles. The zero-order chi connectivity index (χ0) is 20.4. The average molecular weight is 396 g/mol. The summed E-state index contributed by atoms with van der Waals surface area (Å²) in [6, 6.07) is 11.9. The fraction of sp³-hybridized carbons (Fsp3) is 0.429. The van der Waals surface area contributed by atoms with Gasteiger partial charge in [0, 0.05) is 31.3 Å². The quantitative estimate of drug-likeness (QED) is 0.413. The molecule has 0 bridgehead atoms. The highest BCUT2D eigenvalue weighted by Gasteiger charge is 2.32. The van der Waals surface area contributed by atoms with Crippen LogP contribution in [0.5, 0.6) is 0 Å². The zero-order valence-corrected chi connectivity index (χ0v) is 16.7. The third-order valence-electron chi connectivity index (χ3n) is 5.34. The largest absolute Gasteiger partial charge is 0.389 e. The van der Waals surface area contributed by atoms with Gasteiger partial charge in [0.25, 0.3) is 0 Å². The van der Waals surface area contributed by atoms with Crippen LogP contribution < -0.4 is 16.0 Å². The molecule has 5 N–H and O–H groups in total. The maximum atomic E-state index is 10.1.